The predicted molar refractivity (Wildman–Crippen MR) is 74.8 cm³/mol. The van der Waals surface area contributed by atoms with Gasteiger partial charge in [0.2, 0.25) is 0 Å². The lowest BCUT2D eigenvalue weighted by molar-refractivity contribution is -0.00407. The number of alkyl halides is 1. The van der Waals surface area contributed by atoms with Crippen molar-refractivity contribution in [3.63, 3.8) is 0 Å². The molecule has 0 atom stereocenters. The Bertz CT molecular complexity index is 217. The minimum Gasteiger partial charge on any atom is -0.375 e. The molecule has 0 aromatic heterocycles. The minimum absolute atomic E-state index is 0.0448. The van der Waals surface area contributed by atoms with E-state index in [-0.39, 0.29) is 11.1 Å². The standard InChI is InChI=1S/C14H28ClNO/c1-12-5-7-14(11-15,8-6-12)16-9-10-17-13(2,3)4/h12,16H,5-11H2,1-4H3. The maximum Gasteiger partial charge on any atom is 0.0599 e. The fraction of sp³-hybridized carbons (Fsp3) is 1.00. The van der Waals surface area contributed by atoms with Crippen molar-refractivity contribution in [2.75, 3.05) is 19.0 Å². The molecule has 1 rings (SSSR count). The molecule has 0 heterocycles. The molecule has 1 N–H and O–H groups in total. The molecule has 0 radical (unpaired) electrons. The Morgan fingerprint density at radius 3 is 2.35 bits per heavy atom. The summed E-state index contributed by atoms with van der Waals surface area (Å²) in [5, 5.41) is 3.62. The normalized spacial score (nSPS) is 30.5. The Morgan fingerprint density at radius 2 is 1.88 bits per heavy atom. The van der Waals surface area contributed by atoms with Crippen molar-refractivity contribution in [1.29, 1.82) is 0 Å². The van der Waals surface area contributed by atoms with Gasteiger partial charge in [-0.15, -0.1) is 11.6 Å². The highest BCUT2D eigenvalue weighted by atomic mass is 35.5. The molecule has 0 saturated heterocycles. The summed E-state index contributed by atoms with van der Waals surface area (Å²) in [6.07, 6.45) is 4.99. The van der Waals surface area contributed by atoms with E-state index < -0.39 is 0 Å². The number of halogens is 1. The van der Waals surface area contributed by atoms with Crippen LogP contribution in [-0.4, -0.2) is 30.2 Å². The molecule has 1 saturated carbocycles. The smallest absolute Gasteiger partial charge is 0.0599 e. The van der Waals surface area contributed by atoms with Crippen molar-refractivity contribution in [3.8, 4) is 0 Å². The van der Waals surface area contributed by atoms with Gasteiger partial charge >= 0.3 is 0 Å². The zero-order chi connectivity index (χ0) is 12.9. The molecule has 3 heteroatoms. The monoisotopic (exact) mass is 261 g/mol. The highest BCUT2D eigenvalue weighted by Crippen LogP contribution is 2.32. The molecular weight excluding hydrogens is 234 g/mol. The maximum absolute atomic E-state index is 6.15. The van der Waals surface area contributed by atoms with Gasteiger partial charge in [0, 0.05) is 18.0 Å². The molecule has 0 aromatic rings. The number of hydrogen-bond donors (Lipinski definition) is 1. The van der Waals surface area contributed by atoms with Crippen LogP contribution in [0.1, 0.15) is 53.4 Å². The van der Waals surface area contributed by atoms with E-state index >= 15 is 0 Å². The maximum atomic E-state index is 6.15. The Kier molecular flexibility index (Phi) is 5.75. The van der Waals surface area contributed by atoms with Gasteiger partial charge < -0.3 is 10.1 Å². The molecular formula is C14H28ClNO. The number of nitrogens with one attached hydrogen (secondary N) is 1. The summed E-state index contributed by atoms with van der Waals surface area (Å²) in [6, 6.07) is 0. The van der Waals surface area contributed by atoms with Crippen LogP contribution >= 0.6 is 11.6 Å². The van der Waals surface area contributed by atoms with E-state index in [4.69, 9.17) is 16.3 Å². The molecule has 1 aliphatic carbocycles. The molecule has 17 heavy (non-hydrogen) atoms. The van der Waals surface area contributed by atoms with Crippen LogP contribution in [0.4, 0.5) is 0 Å². The first-order valence-electron chi connectivity index (χ1n) is 6.82. The average Bonchev–Trinajstić information content (AvgIpc) is 2.26. The topological polar surface area (TPSA) is 21.3 Å². The Balaban J connectivity index is 2.27. The third-order valence-corrected chi connectivity index (χ3v) is 4.14. The highest BCUT2D eigenvalue weighted by molar-refractivity contribution is 6.18. The summed E-state index contributed by atoms with van der Waals surface area (Å²) in [6.45, 7) is 10.3. The fourth-order valence-electron chi connectivity index (χ4n) is 2.35. The second kappa shape index (κ2) is 6.40. The van der Waals surface area contributed by atoms with E-state index in [1.54, 1.807) is 0 Å². The third kappa shape index (κ3) is 5.58. The van der Waals surface area contributed by atoms with E-state index in [0.29, 0.717) is 0 Å². The Hall–Kier alpha value is 0.210. The zero-order valence-corrected chi connectivity index (χ0v) is 12.6. The summed E-state index contributed by atoms with van der Waals surface area (Å²) < 4.78 is 5.73. The molecule has 0 bridgehead atoms. The fourth-order valence-corrected chi connectivity index (χ4v) is 2.71. The lowest BCUT2D eigenvalue weighted by atomic mass is 9.78. The van der Waals surface area contributed by atoms with Gasteiger partial charge in [-0.2, -0.15) is 0 Å². The van der Waals surface area contributed by atoms with Crippen molar-refractivity contribution in [2.45, 2.75) is 64.5 Å². The second-order valence-corrected chi connectivity index (χ2v) is 6.75. The van der Waals surface area contributed by atoms with Crippen molar-refractivity contribution >= 4 is 11.6 Å². The van der Waals surface area contributed by atoms with Gasteiger partial charge in [0.1, 0.15) is 0 Å². The quantitative estimate of drug-likeness (QED) is 0.603. The van der Waals surface area contributed by atoms with Gasteiger partial charge in [0.25, 0.3) is 0 Å². The third-order valence-electron chi connectivity index (χ3n) is 3.62. The number of ether oxygens (including phenoxy) is 1. The van der Waals surface area contributed by atoms with Crippen molar-refractivity contribution < 1.29 is 4.74 Å². The van der Waals surface area contributed by atoms with Crippen LogP contribution in [0.3, 0.4) is 0 Å². The molecule has 0 amide bonds. The van der Waals surface area contributed by atoms with E-state index in [9.17, 15) is 0 Å². The van der Waals surface area contributed by atoms with Gasteiger partial charge in [-0.1, -0.05) is 6.92 Å². The van der Waals surface area contributed by atoms with Crippen LogP contribution < -0.4 is 5.32 Å². The Labute approximate surface area is 111 Å². The van der Waals surface area contributed by atoms with E-state index in [1.807, 2.05) is 0 Å². The minimum atomic E-state index is -0.0448. The van der Waals surface area contributed by atoms with E-state index in [2.05, 4.69) is 33.0 Å². The SMILES string of the molecule is CC1CCC(CCl)(NCCOC(C)(C)C)CC1. The van der Waals surface area contributed by atoms with Crippen LogP contribution in [0, 0.1) is 5.92 Å². The van der Waals surface area contributed by atoms with Crippen molar-refractivity contribution in [3.05, 3.63) is 0 Å². The summed E-state index contributed by atoms with van der Waals surface area (Å²) in [5.41, 5.74) is 0.117. The highest BCUT2D eigenvalue weighted by Gasteiger charge is 2.32. The summed E-state index contributed by atoms with van der Waals surface area (Å²) >= 11 is 6.15. The first-order chi connectivity index (χ1) is 7.87. The summed E-state index contributed by atoms with van der Waals surface area (Å²) in [5.74, 6) is 1.58. The molecule has 2 nitrogen and oxygen atoms in total. The summed E-state index contributed by atoms with van der Waals surface area (Å²) in [7, 11) is 0. The number of hydrogen-bond acceptors (Lipinski definition) is 2. The van der Waals surface area contributed by atoms with Gasteiger partial charge in [0.15, 0.2) is 0 Å². The van der Waals surface area contributed by atoms with E-state index in [0.717, 1.165) is 24.9 Å². The van der Waals surface area contributed by atoms with Gasteiger partial charge in [-0.3, -0.25) is 0 Å². The van der Waals surface area contributed by atoms with Crippen LogP contribution in [0.5, 0.6) is 0 Å². The molecule has 0 unspecified atom stereocenters. The van der Waals surface area contributed by atoms with Crippen LogP contribution in [0.25, 0.3) is 0 Å². The molecule has 102 valence electrons. The van der Waals surface area contributed by atoms with Crippen LogP contribution in [0.15, 0.2) is 0 Å². The zero-order valence-electron chi connectivity index (χ0n) is 11.8. The lowest BCUT2D eigenvalue weighted by Crippen LogP contribution is -2.50. The van der Waals surface area contributed by atoms with Gasteiger partial charge in [-0.05, 0) is 52.4 Å². The first kappa shape index (κ1) is 15.3. The molecule has 0 aromatic carbocycles. The van der Waals surface area contributed by atoms with Crippen molar-refractivity contribution in [1.82, 2.24) is 5.32 Å². The van der Waals surface area contributed by atoms with Crippen molar-refractivity contribution in [2.24, 2.45) is 5.92 Å². The average molecular weight is 262 g/mol. The molecule has 1 fully saturated rings. The predicted octanol–water partition coefficient (Wildman–Crippen LogP) is 3.58. The van der Waals surface area contributed by atoms with Crippen LogP contribution in [0.2, 0.25) is 0 Å². The molecule has 0 spiro atoms. The van der Waals surface area contributed by atoms with E-state index in [1.165, 1.54) is 25.7 Å². The van der Waals surface area contributed by atoms with Crippen LogP contribution in [-0.2, 0) is 4.74 Å². The Morgan fingerprint density at radius 1 is 1.29 bits per heavy atom. The lowest BCUT2D eigenvalue weighted by Gasteiger charge is -2.39. The van der Waals surface area contributed by atoms with Gasteiger partial charge in [0.05, 0.1) is 12.2 Å². The first-order valence-corrected chi connectivity index (χ1v) is 7.35. The second-order valence-electron chi connectivity index (χ2n) is 6.48. The number of rotatable bonds is 5. The summed E-state index contributed by atoms with van der Waals surface area (Å²) in [4.78, 5) is 0. The molecule has 1 aliphatic rings. The van der Waals surface area contributed by atoms with Gasteiger partial charge in [-0.25, -0.2) is 0 Å². The molecule has 0 aliphatic heterocycles. The largest absolute Gasteiger partial charge is 0.375 e.